The molecule has 1 aromatic heterocycles. The maximum absolute atomic E-state index is 13.3. The van der Waals surface area contributed by atoms with Gasteiger partial charge in [-0.3, -0.25) is 4.79 Å². The molecule has 1 amide bonds. The highest BCUT2D eigenvalue weighted by atomic mass is 32.1. The minimum absolute atomic E-state index is 0.263. The SMILES string of the molecule is COc1ccccc1C(=O)NC1=C(c2nc3ccccc3s2)C(C)(C2CCCCC2)C(N=O)N1. The third kappa shape index (κ3) is 3.76. The number of carbonyl (C=O) groups excluding carboxylic acids is 1. The van der Waals surface area contributed by atoms with Crippen LogP contribution in [0.4, 0.5) is 0 Å². The summed E-state index contributed by atoms with van der Waals surface area (Å²) in [5, 5.41) is 10.6. The second-order valence-corrected chi connectivity index (χ2v) is 10.2. The average Bonchev–Trinajstić information content (AvgIpc) is 3.42. The van der Waals surface area contributed by atoms with Crippen LogP contribution in [-0.2, 0) is 0 Å². The molecule has 8 heteroatoms. The zero-order valence-electron chi connectivity index (χ0n) is 19.3. The van der Waals surface area contributed by atoms with Crippen LogP contribution in [0.25, 0.3) is 15.8 Å². The maximum Gasteiger partial charge on any atom is 0.260 e. The fourth-order valence-corrected chi connectivity index (χ4v) is 6.60. The molecule has 2 aromatic carbocycles. The number of methoxy groups -OCH3 is 1. The summed E-state index contributed by atoms with van der Waals surface area (Å²) in [5.74, 6) is 0.947. The van der Waals surface area contributed by atoms with Gasteiger partial charge in [0, 0.05) is 11.0 Å². The van der Waals surface area contributed by atoms with Crippen molar-refractivity contribution >= 4 is 33.0 Å². The van der Waals surface area contributed by atoms with Crippen molar-refractivity contribution in [1.29, 1.82) is 0 Å². The monoisotopic (exact) mass is 476 g/mol. The summed E-state index contributed by atoms with van der Waals surface area (Å²) in [6, 6.07) is 15.1. The van der Waals surface area contributed by atoms with Crippen molar-refractivity contribution in [3.05, 3.63) is 69.8 Å². The first-order valence-corrected chi connectivity index (χ1v) is 12.5. The van der Waals surface area contributed by atoms with E-state index in [0.717, 1.165) is 46.5 Å². The summed E-state index contributed by atoms with van der Waals surface area (Å²) in [7, 11) is 1.54. The molecule has 0 spiro atoms. The number of fused-ring (bicyclic) bond motifs is 1. The van der Waals surface area contributed by atoms with Crippen molar-refractivity contribution in [2.24, 2.45) is 16.5 Å². The standard InChI is InChI=1S/C26H28N4O3S/c1-26(16-10-4-3-5-11-16)21(24-27-18-13-7-9-15-20(18)34-24)22(29-25(26)30-32)28-23(31)17-12-6-8-14-19(17)33-2/h6-9,12-16,25,29H,3-5,10-11H2,1-2H3,(H,28,31). The molecule has 1 saturated carbocycles. The third-order valence-corrected chi connectivity index (χ3v) is 8.35. The Morgan fingerprint density at radius 2 is 1.88 bits per heavy atom. The topological polar surface area (TPSA) is 92.7 Å². The van der Waals surface area contributed by atoms with Gasteiger partial charge in [0.05, 0.1) is 22.9 Å². The molecule has 3 aromatic rings. The molecule has 0 radical (unpaired) electrons. The fraction of sp³-hybridized carbons (Fsp3) is 0.385. The highest BCUT2D eigenvalue weighted by Crippen LogP contribution is 2.54. The van der Waals surface area contributed by atoms with Crippen LogP contribution >= 0.6 is 11.3 Å². The van der Waals surface area contributed by atoms with Gasteiger partial charge in [0.1, 0.15) is 16.6 Å². The molecule has 0 bridgehead atoms. The molecule has 1 aliphatic carbocycles. The summed E-state index contributed by atoms with van der Waals surface area (Å²) in [6.07, 6.45) is 4.81. The molecule has 0 saturated heterocycles. The van der Waals surface area contributed by atoms with Gasteiger partial charge in [0.2, 0.25) is 0 Å². The van der Waals surface area contributed by atoms with Crippen molar-refractivity contribution < 1.29 is 9.53 Å². The van der Waals surface area contributed by atoms with Crippen molar-refractivity contribution in [3.8, 4) is 5.75 Å². The van der Waals surface area contributed by atoms with E-state index in [9.17, 15) is 9.70 Å². The van der Waals surface area contributed by atoms with Gasteiger partial charge in [0.25, 0.3) is 5.91 Å². The first kappa shape index (κ1) is 22.5. The smallest absolute Gasteiger partial charge is 0.260 e. The first-order valence-electron chi connectivity index (χ1n) is 11.7. The van der Waals surface area contributed by atoms with Crippen LogP contribution in [0, 0.1) is 16.2 Å². The van der Waals surface area contributed by atoms with Gasteiger partial charge in [-0.05, 0) is 48.2 Å². The van der Waals surface area contributed by atoms with Gasteiger partial charge in [-0.15, -0.1) is 16.2 Å². The zero-order valence-corrected chi connectivity index (χ0v) is 20.2. The Labute approximate surface area is 202 Å². The molecule has 2 N–H and O–H groups in total. The van der Waals surface area contributed by atoms with Crippen LogP contribution in [0.3, 0.4) is 0 Å². The number of hydrogen-bond acceptors (Lipinski definition) is 7. The predicted octanol–water partition coefficient (Wildman–Crippen LogP) is 5.69. The van der Waals surface area contributed by atoms with E-state index in [0.29, 0.717) is 17.1 Å². The highest BCUT2D eigenvalue weighted by Gasteiger charge is 2.53. The quantitative estimate of drug-likeness (QED) is 0.446. The summed E-state index contributed by atoms with van der Waals surface area (Å²) in [5.41, 5.74) is 1.61. The fourth-order valence-electron chi connectivity index (χ4n) is 5.46. The summed E-state index contributed by atoms with van der Waals surface area (Å²) >= 11 is 1.58. The first-order chi connectivity index (χ1) is 16.6. The number of rotatable bonds is 6. The van der Waals surface area contributed by atoms with Gasteiger partial charge in [-0.25, -0.2) is 4.98 Å². The highest BCUT2D eigenvalue weighted by molar-refractivity contribution is 7.19. The largest absolute Gasteiger partial charge is 0.496 e. The van der Waals surface area contributed by atoms with Crippen LogP contribution in [0.5, 0.6) is 5.75 Å². The number of hydrogen-bond donors (Lipinski definition) is 2. The molecule has 1 fully saturated rings. The van der Waals surface area contributed by atoms with Crippen LogP contribution in [0.15, 0.2) is 59.5 Å². The van der Waals surface area contributed by atoms with E-state index in [1.807, 2.05) is 30.3 Å². The number of ether oxygens (including phenoxy) is 1. The van der Waals surface area contributed by atoms with Gasteiger partial charge < -0.3 is 15.4 Å². The Morgan fingerprint density at radius 1 is 1.15 bits per heavy atom. The minimum atomic E-state index is -0.689. The summed E-state index contributed by atoms with van der Waals surface area (Å²) in [6.45, 7) is 2.10. The number of para-hydroxylation sites is 2. The van der Waals surface area contributed by atoms with Crippen molar-refractivity contribution in [3.63, 3.8) is 0 Å². The van der Waals surface area contributed by atoms with Crippen LogP contribution < -0.4 is 15.4 Å². The number of nitrogens with zero attached hydrogens (tertiary/aromatic N) is 2. The van der Waals surface area contributed by atoms with Gasteiger partial charge in [-0.1, -0.05) is 50.5 Å². The van der Waals surface area contributed by atoms with Gasteiger partial charge >= 0.3 is 0 Å². The van der Waals surface area contributed by atoms with Crippen LogP contribution in [0.2, 0.25) is 0 Å². The lowest BCUT2D eigenvalue weighted by atomic mass is 9.65. The van der Waals surface area contributed by atoms with E-state index in [4.69, 9.17) is 9.72 Å². The molecule has 176 valence electrons. The average molecular weight is 477 g/mol. The zero-order chi connectivity index (χ0) is 23.7. The Balaban J connectivity index is 1.64. The number of thiazole rings is 1. The molecular weight excluding hydrogens is 448 g/mol. The number of aromatic nitrogens is 1. The lowest BCUT2D eigenvalue weighted by molar-refractivity contribution is 0.0960. The van der Waals surface area contributed by atoms with Crippen LogP contribution in [0.1, 0.15) is 54.4 Å². The lowest BCUT2D eigenvalue weighted by Crippen LogP contribution is -2.42. The number of carbonyl (C=O) groups is 1. The van der Waals surface area contributed by atoms with E-state index < -0.39 is 11.6 Å². The van der Waals surface area contributed by atoms with Crippen molar-refractivity contribution in [2.45, 2.75) is 45.2 Å². The van der Waals surface area contributed by atoms with E-state index in [2.05, 4.69) is 22.7 Å². The molecule has 2 unspecified atom stereocenters. The molecule has 1 aliphatic heterocycles. The van der Waals surface area contributed by atoms with Crippen molar-refractivity contribution in [2.75, 3.05) is 7.11 Å². The molecule has 7 nitrogen and oxygen atoms in total. The molecule has 2 heterocycles. The molecule has 2 atom stereocenters. The Kier molecular flexibility index (Phi) is 6.08. The van der Waals surface area contributed by atoms with Gasteiger partial charge in [-0.2, -0.15) is 0 Å². The summed E-state index contributed by atoms with van der Waals surface area (Å²) in [4.78, 5) is 30.4. The number of nitrogens with one attached hydrogen (secondary N) is 2. The molecule has 34 heavy (non-hydrogen) atoms. The Hall–Kier alpha value is -3.26. The van der Waals surface area contributed by atoms with Crippen molar-refractivity contribution in [1.82, 2.24) is 15.6 Å². The second-order valence-electron chi connectivity index (χ2n) is 9.16. The van der Waals surface area contributed by atoms with E-state index in [1.165, 1.54) is 13.5 Å². The van der Waals surface area contributed by atoms with Gasteiger partial charge in [0.15, 0.2) is 6.17 Å². The van der Waals surface area contributed by atoms with E-state index in [1.54, 1.807) is 29.5 Å². The lowest BCUT2D eigenvalue weighted by Gasteiger charge is -2.39. The number of benzene rings is 2. The van der Waals surface area contributed by atoms with E-state index >= 15 is 0 Å². The third-order valence-electron chi connectivity index (χ3n) is 7.29. The predicted molar refractivity (Wildman–Crippen MR) is 134 cm³/mol. The number of nitroso groups, excluding NO2 is 1. The molecular formula is C26H28N4O3S. The number of amides is 1. The Morgan fingerprint density at radius 3 is 2.62 bits per heavy atom. The minimum Gasteiger partial charge on any atom is -0.496 e. The summed E-state index contributed by atoms with van der Waals surface area (Å²) < 4.78 is 6.45. The second kappa shape index (κ2) is 9.18. The van der Waals surface area contributed by atoms with Crippen LogP contribution in [-0.4, -0.2) is 24.2 Å². The normalized spacial score (nSPS) is 23.1. The maximum atomic E-state index is 13.3. The molecule has 2 aliphatic rings. The van der Waals surface area contributed by atoms with E-state index in [-0.39, 0.29) is 11.8 Å². The Bertz CT molecular complexity index is 1230. The molecule has 5 rings (SSSR count).